The van der Waals surface area contributed by atoms with E-state index in [1.807, 2.05) is 53.7 Å². The van der Waals surface area contributed by atoms with E-state index in [0.29, 0.717) is 0 Å². The molecule has 0 saturated carbocycles. The maximum atomic E-state index is 12.7. The third-order valence-corrected chi connectivity index (χ3v) is 10.1. The van der Waals surface area contributed by atoms with Crippen molar-refractivity contribution < 1.29 is 33.6 Å². The molecule has 0 unspecified atom stereocenters. The fraction of sp³-hybridized carbons (Fsp3) is 0.714. The van der Waals surface area contributed by atoms with Crippen LogP contribution in [0.4, 0.5) is 0 Å². The van der Waals surface area contributed by atoms with Gasteiger partial charge in [0, 0.05) is 0 Å². The third-order valence-electron chi connectivity index (χ3n) is 5.32. The minimum atomic E-state index is -3.95. The fourth-order valence-electron chi connectivity index (χ4n) is 3.28. The molecule has 0 bridgehead atoms. The number of carbonyl (C=O) groups is 2. The second-order valence-corrected chi connectivity index (χ2v) is 14.5. The summed E-state index contributed by atoms with van der Waals surface area (Å²) in [5.74, 6) is -0.639. The quantitative estimate of drug-likeness (QED) is 0.558. The van der Waals surface area contributed by atoms with E-state index in [0.717, 1.165) is 9.45 Å². The van der Waals surface area contributed by atoms with Gasteiger partial charge in [0.15, 0.2) is 0 Å². The monoisotopic (exact) mass is 400 g/mol. The van der Waals surface area contributed by atoms with Gasteiger partial charge in [-0.25, -0.2) is 0 Å². The van der Waals surface area contributed by atoms with Crippen LogP contribution in [0.25, 0.3) is 0 Å². The Morgan fingerprint density at radius 3 is 1.38 bits per heavy atom. The maximum absolute atomic E-state index is 12.7. The van der Waals surface area contributed by atoms with Crippen LogP contribution in [0.3, 0.4) is 0 Å². The van der Waals surface area contributed by atoms with E-state index >= 15 is 0 Å². The molecule has 0 saturated heterocycles. The van der Waals surface area contributed by atoms with E-state index < -0.39 is 28.2 Å². The van der Waals surface area contributed by atoms with Gasteiger partial charge >= 0.3 is 164 Å². The molecule has 1 aliphatic carbocycles. The van der Waals surface area contributed by atoms with Crippen molar-refractivity contribution in [2.75, 3.05) is 0 Å². The van der Waals surface area contributed by atoms with Crippen LogP contribution in [0.5, 0.6) is 0 Å². The van der Waals surface area contributed by atoms with Crippen LogP contribution in [0, 0.1) is 16.2 Å². The molecule has 0 aliphatic heterocycles. The van der Waals surface area contributed by atoms with Gasteiger partial charge < -0.3 is 0 Å². The predicted octanol–water partition coefficient (Wildman–Crippen LogP) is 5.85. The summed E-state index contributed by atoms with van der Waals surface area (Å²) in [5, 5.41) is 1.87. The first kappa shape index (κ1) is 23.2. The molecule has 1 aliphatic rings. The Labute approximate surface area is 163 Å². The molecule has 0 fully saturated rings. The predicted molar refractivity (Wildman–Crippen MR) is 102 cm³/mol. The summed E-state index contributed by atoms with van der Waals surface area (Å²) in [7, 11) is 0. The van der Waals surface area contributed by atoms with Gasteiger partial charge in [0.25, 0.3) is 0 Å². The summed E-state index contributed by atoms with van der Waals surface area (Å²) in [4.78, 5) is 25.5. The molecule has 5 heteroatoms. The SMILES string of the molecule is CC1=C(C)C(C)(C)[C]([Ti]([CH3])([O]C(=O)C(C)(C)C)[O]C(=O)C(C)(C)C)=C1C. The van der Waals surface area contributed by atoms with Crippen molar-refractivity contribution >= 4 is 11.9 Å². The first-order valence-electron chi connectivity index (χ1n) is 9.22. The van der Waals surface area contributed by atoms with Crippen molar-refractivity contribution in [2.45, 2.75) is 81.4 Å². The van der Waals surface area contributed by atoms with Gasteiger partial charge in [-0.3, -0.25) is 0 Å². The van der Waals surface area contributed by atoms with E-state index in [2.05, 4.69) is 27.7 Å². The molecule has 0 spiro atoms. The van der Waals surface area contributed by atoms with Gasteiger partial charge in [0.1, 0.15) is 0 Å². The molecule has 0 aromatic carbocycles. The number of hydrogen-bond acceptors (Lipinski definition) is 4. The zero-order chi connectivity index (χ0) is 20.9. The second-order valence-electron chi connectivity index (χ2n) is 10.1. The minimum absolute atomic E-state index is 0.292. The molecular weight excluding hydrogens is 364 g/mol. The van der Waals surface area contributed by atoms with Crippen LogP contribution >= 0.6 is 0 Å². The Kier molecular flexibility index (Phi) is 6.19. The summed E-state index contributed by atoms with van der Waals surface area (Å²) >= 11 is -3.95. The van der Waals surface area contributed by atoms with Crippen molar-refractivity contribution in [2.24, 2.45) is 16.2 Å². The van der Waals surface area contributed by atoms with Crippen molar-refractivity contribution in [3.63, 3.8) is 0 Å². The summed E-state index contributed by atoms with van der Waals surface area (Å²) in [6.45, 7) is 21.4. The van der Waals surface area contributed by atoms with Gasteiger partial charge in [-0.2, -0.15) is 0 Å². The van der Waals surface area contributed by atoms with E-state index in [-0.39, 0.29) is 17.4 Å². The van der Waals surface area contributed by atoms with Crippen LogP contribution in [0.15, 0.2) is 20.6 Å². The van der Waals surface area contributed by atoms with Crippen molar-refractivity contribution in [1.82, 2.24) is 0 Å². The zero-order valence-electron chi connectivity index (χ0n) is 18.6. The molecular formula is C21H36O4Ti. The molecule has 0 radical (unpaired) electrons. The van der Waals surface area contributed by atoms with Crippen LogP contribution in [-0.4, -0.2) is 11.9 Å². The van der Waals surface area contributed by atoms with Crippen LogP contribution < -0.4 is 0 Å². The number of rotatable bonds is 3. The summed E-state index contributed by atoms with van der Waals surface area (Å²) < 4.78 is 13.2. The Morgan fingerprint density at radius 1 is 0.808 bits per heavy atom. The van der Waals surface area contributed by atoms with Crippen molar-refractivity contribution in [3.8, 4) is 0 Å². The molecule has 0 aromatic rings. The van der Waals surface area contributed by atoms with Gasteiger partial charge in [0.2, 0.25) is 0 Å². The Bertz CT molecular complexity index is 654. The van der Waals surface area contributed by atoms with Gasteiger partial charge in [-0.1, -0.05) is 0 Å². The van der Waals surface area contributed by atoms with Crippen LogP contribution in [0.2, 0.25) is 5.23 Å². The summed E-state index contributed by atoms with van der Waals surface area (Å²) in [5.41, 5.74) is 1.92. The van der Waals surface area contributed by atoms with E-state index in [9.17, 15) is 9.59 Å². The topological polar surface area (TPSA) is 52.6 Å². The third kappa shape index (κ3) is 4.33. The number of allylic oxidation sites excluding steroid dienone is 4. The zero-order valence-corrected chi connectivity index (χ0v) is 20.2. The van der Waals surface area contributed by atoms with E-state index in [4.69, 9.17) is 6.64 Å². The molecule has 26 heavy (non-hydrogen) atoms. The summed E-state index contributed by atoms with van der Waals surface area (Å²) in [6.07, 6.45) is 0. The summed E-state index contributed by atoms with van der Waals surface area (Å²) in [6, 6.07) is 0. The van der Waals surface area contributed by atoms with Crippen LogP contribution in [-0.2, 0) is 33.6 Å². The first-order valence-corrected chi connectivity index (χ1v) is 12.8. The van der Waals surface area contributed by atoms with Gasteiger partial charge in [0.05, 0.1) is 0 Å². The number of carbonyl (C=O) groups excluding carboxylic acids is 2. The first-order chi connectivity index (χ1) is 11.4. The van der Waals surface area contributed by atoms with Gasteiger partial charge in [-0.15, -0.1) is 0 Å². The standard InChI is InChI=1S/C10H15.2C5H10O2.CH3.Ti/c1-7-6-10(4,5)9(3)8(7)2;2*1-5(2,3)4(6)7;;/h1-5H3;2*1-3H3,(H,6,7);1H3;/q;;;;+2/p-2. The molecule has 4 nitrogen and oxygen atoms in total. The second kappa shape index (κ2) is 6.94. The molecule has 1 rings (SSSR count). The number of hydrogen-bond donors (Lipinski definition) is 0. The molecule has 0 aromatic heterocycles. The Morgan fingerprint density at radius 2 is 1.15 bits per heavy atom. The van der Waals surface area contributed by atoms with Crippen molar-refractivity contribution in [1.29, 1.82) is 0 Å². The van der Waals surface area contributed by atoms with E-state index in [1.54, 1.807) is 0 Å². The van der Waals surface area contributed by atoms with E-state index in [1.165, 1.54) is 11.1 Å². The molecule has 148 valence electrons. The Balaban J connectivity index is 3.52. The molecule has 0 N–H and O–H groups in total. The Hall–Kier alpha value is -0.866. The average molecular weight is 400 g/mol. The molecule has 0 heterocycles. The van der Waals surface area contributed by atoms with Crippen LogP contribution in [0.1, 0.15) is 76.2 Å². The normalized spacial score (nSPS) is 18.3. The van der Waals surface area contributed by atoms with Crippen molar-refractivity contribution in [3.05, 3.63) is 20.6 Å². The molecule has 0 atom stereocenters. The fourth-order valence-corrected chi connectivity index (χ4v) is 9.15. The average Bonchev–Trinajstić information content (AvgIpc) is 2.57. The molecule has 0 amide bonds. The van der Waals surface area contributed by atoms with Gasteiger partial charge in [-0.05, 0) is 0 Å².